The fourth-order valence-corrected chi connectivity index (χ4v) is 2.91. The number of ether oxygens (including phenoxy) is 1. The predicted molar refractivity (Wildman–Crippen MR) is 119 cm³/mol. The summed E-state index contributed by atoms with van der Waals surface area (Å²) in [5.41, 5.74) is 4.15. The van der Waals surface area contributed by atoms with Crippen LogP contribution in [0.1, 0.15) is 112 Å². The summed E-state index contributed by atoms with van der Waals surface area (Å²) in [5.74, 6) is -0.0531. The van der Waals surface area contributed by atoms with Gasteiger partial charge < -0.3 is 4.74 Å². The summed E-state index contributed by atoms with van der Waals surface area (Å²) in [5, 5.41) is 0. The van der Waals surface area contributed by atoms with Crippen LogP contribution >= 0.6 is 0 Å². The lowest BCUT2D eigenvalue weighted by atomic mass is 10.1. The van der Waals surface area contributed by atoms with Gasteiger partial charge in [0.2, 0.25) is 0 Å². The van der Waals surface area contributed by atoms with Crippen molar-refractivity contribution in [1.29, 1.82) is 0 Å². The van der Waals surface area contributed by atoms with Crippen LogP contribution in [0.4, 0.5) is 0 Å². The van der Waals surface area contributed by atoms with E-state index in [4.69, 9.17) is 4.74 Å². The van der Waals surface area contributed by atoms with E-state index in [2.05, 4.69) is 52.8 Å². The topological polar surface area (TPSA) is 26.3 Å². The summed E-state index contributed by atoms with van der Waals surface area (Å²) in [6.07, 6.45) is 20.2. The molecule has 0 N–H and O–H groups in total. The van der Waals surface area contributed by atoms with Crippen LogP contribution in [0.25, 0.3) is 0 Å². The molecule has 0 aromatic rings. The largest absolute Gasteiger partial charge is 0.461 e. The predicted octanol–water partition coefficient (Wildman–Crippen LogP) is 8.09. The van der Waals surface area contributed by atoms with Gasteiger partial charge in [-0.15, -0.1) is 0 Å². The molecule has 0 rings (SSSR count). The highest BCUT2D eigenvalue weighted by atomic mass is 16.5. The van der Waals surface area contributed by atoms with Crippen molar-refractivity contribution in [2.75, 3.05) is 6.61 Å². The van der Waals surface area contributed by atoms with E-state index in [0.717, 1.165) is 38.5 Å². The maximum atomic E-state index is 11.7. The van der Waals surface area contributed by atoms with E-state index in [9.17, 15) is 4.79 Å². The number of unbranched alkanes of at least 4 members (excludes halogenated alkanes) is 6. The van der Waals surface area contributed by atoms with E-state index in [1.54, 1.807) is 0 Å². The minimum absolute atomic E-state index is 0.0531. The Labute approximate surface area is 169 Å². The van der Waals surface area contributed by atoms with Gasteiger partial charge in [0.25, 0.3) is 0 Å². The third-order valence-electron chi connectivity index (χ3n) is 4.78. The van der Waals surface area contributed by atoms with Crippen molar-refractivity contribution < 1.29 is 9.53 Å². The van der Waals surface area contributed by atoms with Crippen molar-refractivity contribution in [1.82, 2.24) is 0 Å². The van der Waals surface area contributed by atoms with E-state index in [0.29, 0.717) is 13.0 Å². The molecule has 0 saturated heterocycles. The van der Waals surface area contributed by atoms with Crippen molar-refractivity contribution in [2.45, 2.75) is 112 Å². The molecule has 0 aliphatic carbocycles. The normalized spacial score (nSPS) is 12.2. The second-order valence-corrected chi connectivity index (χ2v) is 8.01. The van der Waals surface area contributed by atoms with Crippen LogP contribution in [-0.2, 0) is 9.53 Å². The lowest BCUT2D eigenvalue weighted by Gasteiger charge is -2.04. The molecule has 0 spiro atoms. The first-order chi connectivity index (χ1) is 13.0. The first kappa shape index (κ1) is 25.7. The Balaban J connectivity index is 3.73. The molecule has 2 nitrogen and oxygen atoms in total. The first-order valence-electron chi connectivity index (χ1n) is 11.1. The third-order valence-corrected chi connectivity index (χ3v) is 4.78. The molecule has 2 heteroatoms. The maximum Gasteiger partial charge on any atom is 0.306 e. The van der Waals surface area contributed by atoms with Gasteiger partial charge in [0.1, 0.15) is 6.61 Å². The Kier molecular flexibility index (Phi) is 17.2. The van der Waals surface area contributed by atoms with Crippen molar-refractivity contribution >= 4 is 5.97 Å². The molecule has 0 atom stereocenters. The molecular formula is C25H44O2. The Hall–Kier alpha value is -1.31. The fourth-order valence-electron chi connectivity index (χ4n) is 2.91. The molecule has 156 valence electrons. The van der Waals surface area contributed by atoms with Gasteiger partial charge in [0, 0.05) is 6.42 Å². The van der Waals surface area contributed by atoms with Crippen molar-refractivity contribution in [2.24, 2.45) is 0 Å². The number of carbonyl (C=O) groups is 1. The first-order valence-corrected chi connectivity index (χ1v) is 11.1. The third kappa shape index (κ3) is 19.3. The quantitative estimate of drug-likeness (QED) is 0.154. The van der Waals surface area contributed by atoms with Gasteiger partial charge >= 0.3 is 5.97 Å². The number of carbonyl (C=O) groups excluding carboxylic acids is 1. The van der Waals surface area contributed by atoms with Crippen molar-refractivity contribution in [3.63, 3.8) is 0 Å². The minimum atomic E-state index is -0.0531. The lowest BCUT2D eigenvalue weighted by Crippen LogP contribution is -2.04. The van der Waals surface area contributed by atoms with Crippen molar-refractivity contribution in [3.8, 4) is 0 Å². The second kappa shape index (κ2) is 18.1. The summed E-state index contributed by atoms with van der Waals surface area (Å²) < 4.78 is 5.32. The SMILES string of the molecule is CCCCCCCCCC(=O)OC/C=C(\C)CC/C=C(/C)CCC=C(C)C. The van der Waals surface area contributed by atoms with Crippen LogP contribution < -0.4 is 0 Å². The van der Waals surface area contributed by atoms with E-state index in [1.165, 1.54) is 48.8 Å². The van der Waals surface area contributed by atoms with E-state index >= 15 is 0 Å². The van der Waals surface area contributed by atoms with Crippen LogP contribution in [0.15, 0.2) is 34.9 Å². The highest BCUT2D eigenvalue weighted by molar-refractivity contribution is 5.69. The summed E-state index contributed by atoms with van der Waals surface area (Å²) in [4.78, 5) is 11.7. The number of hydrogen-bond acceptors (Lipinski definition) is 2. The molecule has 0 unspecified atom stereocenters. The minimum Gasteiger partial charge on any atom is -0.461 e. The van der Waals surface area contributed by atoms with Crippen LogP contribution in [0, 0.1) is 0 Å². The highest BCUT2D eigenvalue weighted by Gasteiger charge is 2.01. The van der Waals surface area contributed by atoms with Gasteiger partial charge in [-0.25, -0.2) is 0 Å². The Morgan fingerprint density at radius 2 is 1.26 bits per heavy atom. The Morgan fingerprint density at radius 1 is 0.704 bits per heavy atom. The molecule has 0 aromatic carbocycles. The van der Waals surface area contributed by atoms with Crippen LogP contribution in [0.3, 0.4) is 0 Å². The standard InChI is InChI=1S/C25H44O2/c1-6-7-8-9-10-11-12-19-25(26)27-21-20-24(5)18-14-17-23(4)16-13-15-22(2)3/h15,17,20H,6-14,16,18-19,21H2,1-5H3/b23-17-,24-20+. The zero-order valence-corrected chi connectivity index (χ0v) is 18.7. The molecule has 0 bridgehead atoms. The molecule has 0 heterocycles. The Bertz CT molecular complexity index is 465. The Morgan fingerprint density at radius 3 is 1.89 bits per heavy atom. The van der Waals surface area contributed by atoms with Gasteiger partial charge in [-0.2, -0.15) is 0 Å². The zero-order chi connectivity index (χ0) is 20.3. The molecule has 0 saturated carbocycles. The van der Waals surface area contributed by atoms with E-state index in [-0.39, 0.29) is 5.97 Å². The molecule has 0 aliphatic rings. The lowest BCUT2D eigenvalue weighted by molar-refractivity contribution is -0.142. The molecule has 27 heavy (non-hydrogen) atoms. The number of esters is 1. The van der Waals surface area contributed by atoms with Gasteiger partial charge in [0.05, 0.1) is 0 Å². The summed E-state index contributed by atoms with van der Waals surface area (Å²) >= 11 is 0. The summed E-state index contributed by atoms with van der Waals surface area (Å²) in [6.45, 7) is 11.3. The highest BCUT2D eigenvalue weighted by Crippen LogP contribution is 2.12. The van der Waals surface area contributed by atoms with Gasteiger partial charge in [-0.3, -0.25) is 4.79 Å². The maximum absolute atomic E-state index is 11.7. The average Bonchev–Trinajstić information content (AvgIpc) is 2.60. The molecule has 0 amide bonds. The monoisotopic (exact) mass is 376 g/mol. The smallest absolute Gasteiger partial charge is 0.306 e. The summed E-state index contributed by atoms with van der Waals surface area (Å²) in [7, 11) is 0. The van der Waals surface area contributed by atoms with Crippen LogP contribution in [0.2, 0.25) is 0 Å². The number of rotatable bonds is 16. The van der Waals surface area contributed by atoms with Crippen LogP contribution in [0.5, 0.6) is 0 Å². The average molecular weight is 377 g/mol. The van der Waals surface area contributed by atoms with Gasteiger partial charge in [-0.1, -0.05) is 74.3 Å². The van der Waals surface area contributed by atoms with Gasteiger partial charge in [-0.05, 0) is 65.9 Å². The van der Waals surface area contributed by atoms with Gasteiger partial charge in [0.15, 0.2) is 0 Å². The number of hydrogen-bond donors (Lipinski definition) is 0. The second-order valence-electron chi connectivity index (χ2n) is 8.01. The summed E-state index contributed by atoms with van der Waals surface area (Å²) in [6, 6.07) is 0. The molecule has 0 aromatic heterocycles. The van der Waals surface area contributed by atoms with E-state index in [1.807, 2.05) is 0 Å². The molecule has 0 radical (unpaired) electrons. The van der Waals surface area contributed by atoms with E-state index < -0.39 is 0 Å². The molecular weight excluding hydrogens is 332 g/mol. The zero-order valence-electron chi connectivity index (χ0n) is 18.7. The van der Waals surface area contributed by atoms with Crippen molar-refractivity contribution in [3.05, 3.63) is 34.9 Å². The van der Waals surface area contributed by atoms with Crippen LogP contribution in [-0.4, -0.2) is 12.6 Å². The fraction of sp³-hybridized carbons (Fsp3) is 0.720. The molecule has 0 aliphatic heterocycles. The molecule has 0 fully saturated rings. The number of allylic oxidation sites excluding steroid dienone is 5.